The SMILES string of the molecule is [2H]c1c([2H])c([2H])c(-c2nc(-c3ccc4c(c3)oc3ccc(-n5c6ccccc6c6ccc7c8ccccc8sc7c65)cc34)nc(-c3c([2H])c([2H])c([2H])c([2H])c3[2H])n2)c([2H])c1[2H]. The Morgan fingerprint density at radius 1 is 0.510 bits per heavy atom. The molecule has 6 heteroatoms. The van der Waals surface area contributed by atoms with Gasteiger partial charge in [0.1, 0.15) is 11.2 Å². The maximum Gasteiger partial charge on any atom is 0.164 e. The van der Waals surface area contributed by atoms with E-state index >= 15 is 0 Å². The molecule has 0 N–H and O–H groups in total. The highest BCUT2D eigenvalue weighted by molar-refractivity contribution is 7.26. The molecule has 0 spiro atoms. The van der Waals surface area contributed by atoms with E-state index < -0.39 is 60.4 Å². The smallest absolute Gasteiger partial charge is 0.164 e. The number of aromatic nitrogens is 4. The van der Waals surface area contributed by atoms with Crippen molar-refractivity contribution < 1.29 is 18.1 Å². The fraction of sp³-hybridized carbons (Fsp3) is 0. The van der Waals surface area contributed by atoms with E-state index in [9.17, 15) is 0 Å². The first-order valence-corrected chi connectivity index (χ1v) is 16.9. The van der Waals surface area contributed by atoms with Gasteiger partial charge in [-0.25, -0.2) is 15.0 Å². The molecule has 11 aromatic rings. The predicted octanol–water partition coefficient (Wildman–Crippen LogP) is 12.2. The third-order valence-corrected chi connectivity index (χ3v) is 10.4. The zero-order chi connectivity index (χ0) is 42.2. The molecule has 0 unspecified atom stereocenters. The first-order valence-electron chi connectivity index (χ1n) is 21.1. The highest BCUT2D eigenvalue weighted by Gasteiger charge is 2.19. The number of para-hydroxylation sites is 1. The van der Waals surface area contributed by atoms with Crippen molar-refractivity contribution in [3.05, 3.63) is 157 Å². The molecule has 238 valence electrons. The maximum atomic E-state index is 8.65. The molecule has 5 nitrogen and oxygen atoms in total. The monoisotopic (exact) mass is 680 g/mol. The number of thiophene rings is 1. The molecule has 4 aromatic heterocycles. The summed E-state index contributed by atoms with van der Waals surface area (Å²) in [6.45, 7) is 0. The lowest BCUT2D eigenvalue weighted by molar-refractivity contribution is 0.669. The summed E-state index contributed by atoms with van der Waals surface area (Å²) in [7, 11) is 0. The molecular formula is C45H26N4OS. The van der Waals surface area contributed by atoms with E-state index in [1.54, 1.807) is 23.5 Å². The molecule has 0 atom stereocenters. The molecule has 0 radical (unpaired) electrons. The lowest BCUT2D eigenvalue weighted by Gasteiger charge is -2.09. The Balaban J connectivity index is 1.12. The Bertz CT molecular complexity index is 3600. The Morgan fingerprint density at radius 2 is 1.16 bits per heavy atom. The second-order valence-corrected chi connectivity index (χ2v) is 13.1. The van der Waals surface area contributed by atoms with Crippen LogP contribution in [-0.4, -0.2) is 19.5 Å². The number of furan rings is 1. The van der Waals surface area contributed by atoms with Crippen LogP contribution < -0.4 is 0 Å². The van der Waals surface area contributed by atoms with Crippen LogP contribution in [0.2, 0.25) is 0 Å². The lowest BCUT2D eigenvalue weighted by atomic mass is 10.1. The summed E-state index contributed by atoms with van der Waals surface area (Å²) in [5, 5.41) is 6.35. The van der Waals surface area contributed by atoms with E-state index in [1.165, 1.54) is 20.2 Å². The van der Waals surface area contributed by atoms with Gasteiger partial charge in [-0.2, -0.15) is 0 Å². The summed E-state index contributed by atoms with van der Waals surface area (Å²) in [4.78, 5) is 13.5. The molecular weight excluding hydrogens is 645 g/mol. The van der Waals surface area contributed by atoms with Crippen LogP contribution in [0, 0.1) is 0 Å². The van der Waals surface area contributed by atoms with E-state index in [2.05, 4.69) is 80.2 Å². The molecule has 11 rings (SSSR count). The minimum Gasteiger partial charge on any atom is -0.456 e. The van der Waals surface area contributed by atoms with E-state index in [4.69, 9.17) is 18.1 Å². The van der Waals surface area contributed by atoms with Gasteiger partial charge in [0.2, 0.25) is 0 Å². The van der Waals surface area contributed by atoms with Gasteiger partial charge in [-0.1, -0.05) is 115 Å². The molecule has 0 aliphatic rings. The Labute approximate surface area is 309 Å². The molecule has 51 heavy (non-hydrogen) atoms. The Hall–Kier alpha value is -6.63. The molecule has 0 aliphatic heterocycles. The predicted molar refractivity (Wildman–Crippen MR) is 211 cm³/mol. The van der Waals surface area contributed by atoms with Crippen molar-refractivity contribution in [2.24, 2.45) is 0 Å². The Morgan fingerprint density at radius 3 is 1.92 bits per heavy atom. The van der Waals surface area contributed by atoms with Crippen LogP contribution in [0.25, 0.3) is 104 Å². The normalized spacial score (nSPS) is 14.7. The number of nitrogens with zero attached hydrogens (tertiary/aromatic N) is 4. The van der Waals surface area contributed by atoms with Crippen molar-refractivity contribution in [3.8, 4) is 39.9 Å². The summed E-state index contributed by atoms with van der Waals surface area (Å²) in [6.07, 6.45) is 0. The molecule has 0 aliphatic carbocycles. The summed E-state index contributed by atoms with van der Waals surface area (Å²) < 4.78 is 95.1. The van der Waals surface area contributed by atoms with Crippen molar-refractivity contribution in [3.63, 3.8) is 0 Å². The van der Waals surface area contributed by atoms with Gasteiger partial charge in [-0.15, -0.1) is 11.3 Å². The highest BCUT2D eigenvalue weighted by atomic mass is 32.1. The average Bonchev–Trinajstić information content (AvgIpc) is 3.95. The van der Waals surface area contributed by atoms with Crippen LogP contribution in [0.5, 0.6) is 0 Å². The van der Waals surface area contributed by atoms with Crippen LogP contribution in [0.15, 0.2) is 162 Å². The van der Waals surface area contributed by atoms with E-state index in [0.29, 0.717) is 16.7 Å². The number of benzene rings is 7. The van der Waals surface area contributed by atoms with Crippen LogP contribution >= 0.6 is 11.3 Å². The van der Waals surface area contributed by atoms with E-state index in [-0.39, 0.29) is 28.6 Å². The molecule has 7 aromatic carbocycles. The molecule has 4 heterocycles. The topological polar surface area (TPSA) is 56.7 Å². The van der Waals surface area contributed by atoms with Gasteiger partial charge >= 0.3 is 0 Å². The molecule has 0 bridgehead atoms. The second kappa shape index (κ2) is 10.9. The van der Waals surface area contributed by atoms with Crippen LogP contribution in [0.1, 0.15) is 13.7 Å². The van der Waals surface area contributed by atoms with Gasteiger partial charge < -0.3 is 8.98 Å². The largest absolute Gasteiger partial charge is 0.456 e. The van der Waals surface area contributed by atoms with Gasteiger partial charge in [0.15, 0.2) is 17.5 Å². The molecule has 0 saturated carbocycles. The van der Waals surface area contributed by atoms with Crippen LogP contribution in [0.3, 0.4) is 0 Å². The minimum atomic E-state index is -0.612. The Kier molecular flexibility index (Phi) is 4.32. The first-order chi connectivity index (χ1) is 29.4. The molecule has 0 saturated heterocycles. The third-order valence-electron chi connectivity index (χ3n) is 9.23. The van der Waals surface area contributed by atoms with Crippen molar-refractivity contribution in [1.82, 2.24) is 19.5 Å². The van der Waals surface area contributed by atoms with Gasteiger partial charge in [0.25, 0.3) is 0 Å². The van der Waals surface area contributed by atoms with E-state index in [1.807, 2.05) is 24.3 Å². The summed E-state index contributed by atoms with van der Waals surface area (Å²) >= 11 is 1.78. The van der Waals surface area contributed by atoms with Gasteiger partial charge in [0.05, 0.1) is 29.4 Å². The third kappa shape index (κ3) is 4.37. The van der Waals surface area contributed by atoms with Gasteiger partial charge in [0, 0.05) is 59.4 Å². The molecule has 0 fully saturated rings. The summed E-state index contributed by atoms with van der Waals surface area (Å²) in [6, 6.07) is 26.7. The van der Waals surface area contributed by atoms with Crippen molar-refractivity contribution in [2.75, 3.05) is 0 Å². The zero-order valence-electron chi connectivity index (χ0n) is 36.3. The number of rotatable bonds is 4. The molecule has 0 amide bonds. The van der Waals surface area contributed by atoms with Gasteiger partial charge in [-0.05, 0) is 42.5 Å². The number of fused-ring (bicyclic) bond motifs is 10. The van der Waals surface area contributed by atoms with Crippen LogP contribution in [0.4, 0.5) is 0 Å². The lowest BCUT2D eigenvalue weighted by Crippen LogP contribution is -2.00. The van der Waals surface area contributed by atoms with Crippen molar-refractivity contribution in [2.45, 2.75) is 0 Å². The first kappa shape index (κ1) is 20.1. The van der Waals surface area contributed by atoms with Gasteiger partial charge in [-0.3, -0.25) is 0 Å². The highest BCUT2D eigenvalue weighted by Crippen LogP contribution is 2.43. The average molecular weight is 681 g/mol. The second-order valence-electron chi connectivity index (χ2n) is 12.1. The minimum absolute atomic E-state index is 0.0423. The summed E-state index contributed by atoms with van der Waals surface area (Å²) in [5.41, 5.74) is 3.94. The fourth-order valence-corrected chi connectivity index (χ4v) is 8.24. The quantitative estimate of drug-likeness (QED) is 0.186. The van der Waals surface area contributed by atoms with Crippen LogP contribution in [-0.2, 0) is 0 Å². The number of hydrogen-bond donors (Lipinski definition) is 0. The summed E-state index contributed by atoms with van der Waals surface area (Å²) in [5.74, 6) is -0.714. The maximum absolute atomic E-state index is 8.65. The number of hydrogen-bond acceptors (Lipinski definition) is 5. The zero-order valence-corrected chi connectivity index (χ0v) is 27.2. The standard InChI is InChI=1S/C45H26N4OS/c1-3-11-27(12-4-1)43-46-44(28-13-5-2-6-14-28)48-45(47-43)29-19-21-32-36-26-30(20-24-38(36)50-39(32)25-29)49-37-17-9-7-15-31(37)34-22-23-35-33-16-8-10-18-40(33)51-42(35)41(34)49/h1-26H/i1D,2D,3D,4D,5D,6D,11D,12D,13D,14D. The van der Waals surface area contributed by atoms with Crippen molar-refractivity contribution in [1.29, 1.82) is 0 Å². The van der Waals surface area contributed by atoms with E-state index in [0.717, 1.165) is 38.3 Å². The fourth-order valence-electron chi connectivity index (χ4n) is 6.99. The van der Waals surface area contributed by atoms with Crippen molar-refractivity contribution >= 4 is 75.3 Å².